The maximum absolute atomic E-state index is 13.3. The molecule has 0 radical (unpaired) electrons. The van der Waals surface area contributed by atoms with Crippen LogP contribution in [0.3, 0.4) is 0 Å². The van der Waals surface area contributed by atoms with Crippen molar-refractivity contribution in [3.8, 4) is 11.5 Å². The Hall–Kier alpha value is -1.94. The van der Waals surface area contributed by atoms with Gasteiger partial charge >= 0.3 is 0 Å². The monoisotopic (exact) mass is 309 g/mol. The van der Waals surface area contributed by atoms with Crippen molar-refractivity contribution >= 4 is 17.3 Å². The Labute approximate surface area is 128 Å². The smallest absolute Gasteiger partial charge is 0.165 e. The number of hydrogen-bond donors (Lipinski definition) is 2. The number of anilines is 1. The van der Waals surface area contributed by atoms with Crippen LogP contribution in [-0.4, -0.2) is 11.7 Å². The lowest BCUT2D eigenvalue weighted by Crippen LogP contribution is -2.04. The van der Waals surface area contributed by atoms with Gasteiger partial charge in [-0.15, -0.1) is 0 Å². The van der Waals surface area contributed by atoms with E-state index in [1.54, 1.807) is 24.3 Å². The summed E-state index contributed by atoms with van der Waals surface area (Å²) in [6, 6.07) is 9.61. The average molecular weight is 310 g/mol. The van der Waals surface area contributed by atoms with Gasteiger partial charge in [0.05, 0.1) is 12.3 Å². The zero-order chi connectivity index (χ0) is 15.2. The molecule has 0 heterocycles. The molecule has 3 nitrogen and oxygen atoms in total. The SMILES string of the molecule is CCCOc1ccc(Cl)cc1NCc1ccc(O)c(F)c1. The van der Waals surface area contributed by atoms with E-state index in [1.807, 2.05) is 6.92 Å². The van der Waals surface area contributed by atoms with Crippen molar-refractivity contribution in [1.82, 2.24) is 0 Å². The lowest BCUT2D eigenvalue weighted by molar-refractivity contribution is 0.319. The van der Waals surface area contributed by atoms with Gasteiger partial charge in [-0.1, -0.05) is 24.6 Å². The van der Waals surface area contributed by atoms with Gasteiger partial charge in [0.1, 0.15) is 5.75 Å². The first kappa shape index (κ1) is 15.4. The molecule has 0 fully saturated rings. The van der Waals surface area contributed by atoms with Gasteiger partial charge in [0, 0.05) is 11.6 Å². The highest BCUT2D eigenvalue weighted by atomic mass is 35.5. The number of halogens is 2. The molecular weight excluding hydrogens is 293 g/mol. The highest BCUT2D eigenvalue weighted by Gasteiger charge is 2.06. The molecule has 0 aliphatic heterocycles. The van der Waals surface area contributed by atoms with Gasteiger partial charge in [0.25, 0.3) is 0 Å². The van der Waals surface area contributed by atoms with E-state index in [2.05, 4.69) is 5.32 Å². The Morgan fingerprint density at radius 3 is 2.76 bits per heavy atom. The number of phenolic OH excluding ortho intramolecular Hbond substituents is 1. The van der Waals surface area contributed by atoms with Crippen LogP contribution in [0.5, 0.6) is 11.5 Å². The Kier molecular flexibility index (Phi) is 5.28. The minimum atomic E-state index is -0.636. The fourth-order valence-electron chi connectivity index (χ4n) is 1.84. The van der Waals surface area contributed by atoms with Crippen LogP contribution in [0.25, 0.3) is 0 Å². The van der Waals surface area contributed by atoms with Crippen molar-refractivity contribution in [3.05, 3.63) is 52.8 Å². The van der Waals surface area contributed by atoms with E-state index in [-0.39, 0.29) is 5.75 Å². The van der Waals surface area contributed by atoms with E-state index in [0.29, 0.717) is 29.5 Å². The minimum absolute atomic E-state index is 0.353. The van der Waals surface area contributed by atoms with Gasteiger partial charge in [-0.25, -0.2) is 4.39 Å². The second-order valence-electron chi connectivity index (χ2n) is 4.63. The van der Waals surface area contributed by atoms with Gasteiger partial charge in [0.15, 0.2) is 11.6 Å². The summed E-state index contributed by atoms with van der Waals surface area (Å²) in [6.07, 6.45) is 0.908. The Morgan fingerprint density at radius 1 is 1.24 bits per heavy atom. The van der Waals surface area contributed by atoms with E-state index in [0.717, 1.165) is 12.1 Å². The first-order chi connectivity index (χ1) is 10.1. The predicted octanol–water partition coefficient (Wildman–Crippen LogP) is 4.59. The molecule has 0 saturated carbocycles. The molecule has 2 aromatic rings. The summed E-state index contributed by atoms with van der Waals surface area (Å²) in [5.41, 5.74) is 1.47. The van der Waals surface area contributed by atoms with E-state index in [1.165, 1.54) is 12.1 Å². The molecule has 2 aromatic carbocycles. The number of benzene rings is 2. The summed E-state index contributed by atoms with van der Waals surface area (Å²) < 4.78 is 18.9. The summed E-state index contributed by atoms with van der Waals surface area (Å²) in [6.45, 7) is 3.05. The molecule has 0 spiro atoms. The van der Waals surface area contributed by atoms with Crippen molar-refractivity contribution in [2.75, 3.05) is 11.9 Å². The third kappa shape index (κ3) is 4.26. The number of phenols is 1. The fourth-order valence-corrected chi connectivity index (χ4v) is 2.01. The molecule has 0 atom stereocenters. The van der Waals surface area contributed by atoms with Crippen LogP contribution in [0, 0.1) is 5.82 Å². The predicted molar refractivity (Wildman–Crippen MR) is 82.6 cm³/mol. The van der Waals surface area contributed by atoms with Gasteiger partial charge in [-0.2, -0.15) is 0 Å². The number of hydrogen-bond acceptors (Lipinski definition) is 3. The molecule has 5 heteroatoms. The second-order valence-corrected chi connectivity index (χ2v) is 5.06. The number of nitrogens with one attached hydrogen (secondary N) is 1. The maximum Gasteiger partial charge on any atom is 0.165 e. The van der Waals surface area contributed by atoms with Gasteiger partial charge in [-0.3, -0.25) is 0 Å². The molecular formula is C16H17ClFNO2. The molecule has 0 saturated heterocycles. The molecule has 2 N–H and O–H groups in total. The summed E-state index contributed by atoms with van der Waals surface area (Å²) >= 11 is 5.99. The maximum atomic E-state index is 13.3. The van der Waals surface area contributed by atoms with Crippen LogP contribution in [0.2, 0.25) is 5.02 Å². The van der Waals surface area contributed by atoms with Crippen LogP contribution in [0.1, 0.15) is 18.9 Å². The minimum Gasteiger partial charge on any atom is -0.505 e. The van der Waals surface area contributed by atoms with Gasteiger partial charge in [0.2, 0.25) is 0 Å². The van der Waals surface area contributed by atoms with Crippen molar-refractivity contribution in [3.63, 3.8) is 0 Å². The topological polar surface area (TPSA) is 41.5 Å². The van der Waals surface area contributed by atoms with Crippen LogP contribution in [0.4, 0.5) is 10.1 Å². The zero-order valence-corrected chi connectivity index (χ0v) is 12.5. The lowest BCUT2D eigenvalue weighted by atomic mass is 10.2. The van der Waals surface area contributed by atoms with Crippen LogP contribution >= 0.6 is 11.6 Å². The average Bonchev–Trinajstić information content (AvgIpc) is 2.47. The third-order valence-corrected chi connectivity index (χ3v) is 3.13. The first-order valence-electron chi connectivity index (χ1n) is 6.73. The molecule has 0 aliphatic rings. The first-order valence-corrected chi connectivity index (χ1v) is 7.11. The molecule has 0 aliphatic carbocycles. The van der Waals surface area contributed by atoms with Gasteiger partial charge in [-0.05, 0) is 42.3 Å². The van der Waals surface area contributed by atoms with Crippen molar-refractivity contribution in [2.45, 2.75) is 19.9 Å². The Bertz CT molecular complexity index is 619. The van der Waals surface area contributed by atoms with E-state index in [9.17, 15) is 9.50 Å². The summed E-state index contributed by atoms with van der Waals surface area (Å²) in [7, 11) is 0. The van der Waals surface area contributed by atoms with E-state index >= 15 is 0 Å². The summed E-state index contributed by atoms with van der Waals surface area (Å²) in [4.78, 5) is 0. The van der Waals surface area contributed by atoms with Crippen LogP contribution in [-0.2, 0) is 6.54 Å². The molecule has 2 rings (SSSR count). The lowest BCUT2D eigenvalue weighted by Gasteiger charge is -2.13. The van der Waals surface area contributed by atoms with Crippen LogP contribution < -0.4 is 10.1 Å². The molecule has 0 aromatic heterocycles. The second kappa shape index (κ2) is 7.18. The largest absolute Gasteiger partial charge is 0.505 e. The zero-order valence-electron chi connectivity index (χ0n) is 11.7. The highest BCUT2D eigenvalue weighted by Crippen LogP contribution is 2.29. The number of ether oxygens (including phenoxy) is 1. The van der Waals surface area contributed by atoms with Gasteiger partial charge < -0.3 is 15.2 Å². The van der Waals surface area contributed by atoms with Crippen LogP contribution in [0.15, 0.2) is 36.4 Å². The van der Waals surface area contributed by atoms with Crippen molar-refractivity contribution < 1.29 is 14.2 Å². The Balaban J connectivity index is 2.10. The molecule has 0 amide bonds. The Morgan fingerprint density at radius 2 is 2.05 bits per heavy atom. The fraction of sp³-hybridized carbons (Fsp3) is 0.250. The van der Waals surface area contributed by atoms with E-state index in [4.69, 9.17) is 16.3 Å². The molecule has 0 bridgehead atoms. The van der Waals surface area contributed by atoms with Crippen molar-refractivity contribution in [1.29, 1.82) is 0 Å². The standard InChI is InChI=1S/C16H17ClFNO2/c1-2-7-21-16-6-4-12(17)9-14(16)19-10-11-3-5-15(20)13(18)8-11/h3-6,8-9,19-20H,2,7,10H2,1H3. The normalized spacial score (nSPS) is 10.4. The summed E-state index contributed by atoms with van der Waals surface area (Å²) in [5.74, 6) is -0.281. The number of rotatable bonds is 6. The quantitative estimate of drug-likeness (QED) is 0.820. The third-order valence-electron chi connectivity index (χ3n) is 2.90. The highest BCUT2D eigenvalue weighted by molar-refractivity contribution is 6.30. The van der Waals surface area contributed by atoms with Crippen molar-refractivity contribution in [2.24, 2.45) is 0 Å². The number of aromatic hydroxyl groups is 1. The summed E-state index contributed by atoms with van der Waals surface area (Å²) in [5, 5.41) is 12.9. The van der Waals surface area contributed by atoms with E-state index < -0.39 is 5.82 Å². The molecule has 0 unspecified atom stereocenters. The molecule has 112 valence electrons. The molecule has 21 heavy (non-hydrogen) atoms.